The molecule has 0 bridgehead atoms. The molecule has 0 saturated carbocycles. The lowest BCUT2D eigenvalue weighted by atomic mass is 10.3. The highest BCUT2D eigenvalue weighted by atomic mass is 32.2. The normalized spacial score (nSPS) is 13.2. The highest BCUT2D eigenvalue weighted by Crippen LogP contribution is 2.09. The maximum atomic E-state index is 11.4. The van der Waals surface area contributed by atoms with Gasteiger partial charge >= 0.3 is 11.9 Å². The third kappa shape index (κ3) is 4.28. The number of carboxylic acids is 1. The van der Waals surface area contributed by atoms with Crippen molar-refractivity contribution in [3.63, 3.8) is 0 Å². The van der Waals surface area contributed by atoms with E-state index >= 15 is 0 Å². The Kier molecular flexibility index (Phi) is 5.27. The highest BCUT2D eigenvalue weighted by molar-refractivity contribution is 7.92. The van der Waals surface area contributed by atoms with Crippen molar-refractivity contribution in [1.82, 2.24) is 0 Å². The van der Waals surface area contributed by atoms with Gasteiger partial charge in [-0.25, -0.2) is 8.42 Å². The molecule has 0 rings (SSSR count). The second kappa shape index (κ2) is 5.69. The fourth-order valence-corrected chi connectivity index (χ4v) is 2.60. The van der Waals surface area contributed by atoms with E-state index in [1.54, 1.807) is 0 Å². The van der Waals surface area contributed by atoms with Crippen LogP contribution >= 0.6 is 0 Å². The molecule has 0 amide bonds. The first kappa shape index (κ1) is 13.9. The molecule has 0 radical (unpaired) electrons. The van der Waals surface area contributed by atoms with Crippen molar-refractivity contribution < 1.29 is 27.9 Å². The molecule has 0 spiro atoms. The van der Waals surface area contributed by atoms with Crippen LogP contribution in [0.4, 0.5) is 0 Å². The maximum Gasteiger partial charge on any atom is 0.321 e. The van der Waals surface area contributed by atoms with Crippen LogP contribution in [-0.4, -0.2) is 43.6 Å². The number of hydrogen-bond acceptors (Lipinski definition) is 5. The average molecular weight is 238 g/mol. The van der Waals surface area contributed by atoms with Gasteiger partial charge in [0.1, 0.15) is 0 Å². The summed E-state index contributed by atoms with van der Waals surface area (Å²) in [4.78, 5) is 21.3. The van der Waals surface area contributed by atoms with E-state index in [-0.39, 0.29) is 12.8 Å². The van der Waals surface area contributed by atoms with Crippen molar-refractivity contribution in [2.75, 3.05) is 12.9 Å². The van der Waals surface area contributed by atoms with E-state index in [1.165, 1.54) is 6.92 Å². The summed E-state index contributed by atoms with van der Waals surface area (Å²) in [6.07, 6.45) is -0.332. The van der Waals surface area contributed by atoms with Gasteiger partial charge in [0, 0.05) is 0 Å². The molecule has 0 saturated heterocycles. The molecule has 88 valence electrons. The Hall–Kier alpha value is -1.11. The van der Waals surface area contributed by atoms with Crippen LogP contribution in [0.3, 0.4) is 0 Å². The molecule has 0 aliphatic heterocycles. The number of hydrogen-bond donors (Lipinski definition) is 1. The predicted octanol–water partition coefficient (Wildman–Crippen LogP) is -0.172. The van der Waals surface area contributed by atoms with Gasteiger partial charge in [-0.1, -0.05) is 6.92 Å². The fourth-order valence-electron chi connectivity index (χ4n) is 1.05. The van der Waals surface area contributed by atoms with Crippen molar-refractivity contribution in [1.29, 1.82) is 0 Å². The van der Waals surface area contributed by atoms with Crippen molar-refractivity contribution in [2.45, 2.75) is 25.0 Å². The molecule has 1 N–H and O–H groups in total. The number of sulfone groups is 1. The van der Waals surface area contributed by atoms with Crippen LogP contribution in [0, 0.1) is 0 Å². The van der Waals surface area contributed by atoms with E-state index in [4.69, 9.17) is 5.11 Å². The summed E-state index contributed by atoms with van der Waals surface area (Å²) in [5.74, 6) is -2.55. The van der Waals surface area contributed by atoms with Crippen molar-refractivity contribution in [3.8, 4) is 0 Å². The minimum absolute atomic E-state index is 0.0150. The molecule has 15 heavy (non-hydrogen) atoms. The lowest BCUT2D eigenvalue weighted by molar-refractivity contribution is -0.140. The molecule has 0 aromatic heterocycles. The van der Waals surface area contributed by atoms with Gasteiger partial charge < -0.3 is 9.84 Å². The lowest BCUT2D eigenvalue weighted by Gasteiger charge is -2.10. The third-order valence-electron chi connectivity index (χ3n) is 1.90. The average Bonchev–Trinajstić information content (AvgIpc) is 2.14. The van der Waals surface area contributed by atoms with Gasteiger partial charge in [0.15, 0.2) is 15.1 Å². The van der Waals surface area contributed by atoms with Gasteiger partial charge in [0.2, 0.25) is 0 Å². The molecule has 0 aromatic carbocycles. The molecule has 1 atom stereocenters. The van der Waals surface area contributed by atoms with Crippen LogP contribution in [-0.2, 0) is 24.2 Å². The molecule has 7 heteroatoms. The number of rotatable bonds is 6. The molecule has 0 aliphatic rings. The molecule has 0 aromatic rings. The number of carbonyl (C=O) groups excluding carboxylic acids is 1. The second-order valence-corrected chi connectivity index (χ2v) is 5.23. The minimum atomic E-state index is -3.78. The number of methoxy groups -OCH3 is 1. The first-order valence-corrected chi connectivity index (χ1v) is 6.07. The number of esters is 1. The Balaban J connectivity index is 4.54. The summed E-state index contributed by atoms with van der Waals surface area (Å²) in [5, 5.41) is 7.19. The summed E-state index contributed by atoms with van der Waals surface area (Å²) in [6.45, 7) is 1.47. The number of aliphatic carboxylic acids is 1. The Morgan fingerprint density at radius 3 is 2.27 bits per heavy atom. The van der Waals surface area contributed by atoms with Crippen LogP contribution in [0.15, 0.2) is 0 Å². The summed E-state index contributed by atoms with van der Waals surface area (Å²) in [5.41, 5.74) is 0. The Labute approximate surface area is 88.2 Å². The van der Waals surface area contributed by atoms with E-state index in [9.17, 15) is 18.0 Å². The largest absolute Gasteiger partial charge is 0.480 e. The van der Waals surface area contributed by atoms with Crippen LogP contribution in [0.5, 0.6) is 0 Å². The summed E-state index contributed by atoms with van der Waals surface area (Å²) < 4.78 is 27.1. The Bertz CT molecular complexity index is 331. The van der Waals surface area contributed by atoms with Gasteiger partial charge in [0.25, 0.3) is 0 Å². The van der Waals surface area contributed by atoms with Crippen LogP contribution in [0.2, 0.25) is 0 Å². The lowest BCUT2D eigenvalue weighted by Crippen LogP contribution is -2.32. The molecule has 0 fully saturated rings. The van der Waals surface area contributed by atoms with Crippen molar-refractivity contribution >= 4 is 21.8 Å². The smallest absolute Gasteiger partial charge is 0.321 e. The van der Waals surface area contributed by atoms with Crippen LogP contribution in [0.1, 0.15) is 19.8 Å². The topological polar surface area (TPSA) is 97.7 Å². The van der Waals surface area contributed by atoms with Gasteiger partial charge in [-0.15, -0.1) is 0 Å². The quantitative estimate of drug-likeness (QED) is 0.645. The monoisotopic (exact) mass is 238 g/mol. The highest BCUT2D eigenvalue weighted by Gasteiger charge is 2.30. The molecular formula is C8H14O6S. The zero-order valence-corrected chi connectivity index (χ0v) is 9.41. The van der Waals surface area contributed by atoms with E-state index in [1.807, 2.05) is 0 Å². The first-order valence-electron chi connectivity index (χ1n) is 4.36. The van der Waals surface area contributed by atoms with E-state index in [0.717, 1.165) is 7.11 Å². The Morgan fingerprint density at radius 2 is 1.93 bits per heavy atom. The number of carboxylic acid groups (broad SMARTS) is 1. The van der Waals surface area contributed by atoms with Crippen molar-refractivity contribution in [3.05, 3.63) is 0 Å². The molecular weight excluding hydrogens is 224 g/mol. The number of ether oxygens (including phenoxy) is 1. The predicted molar refractivity (Wildman–Crippen MR) is 52.1 cm³/mol. The van der Waals surface area contributed by atoms with Crippen LogP contribution in [0.25, 0.3) is 0 Å². The van der Waals surface area contributed by atoms with Gasteiger partial charge in [-0.2, -0.15) is 0 Å². The van der Waals surface area contributed by atoms with Gasteiger partial charge in [-0.05, 0) is 6.42 Å². The standard InChI is InChI=1S/C8H14O6S/c1-3-6(8(10)11)15(12,13)5-4-7(9)14-2/h6H,3-5H2,1-2H3,(H,10,11). The van der Waals surface area contributed by atoms with Crippen molar-refractivity contribution in [2.24, 2.45) is 0 Å². The maximum absolute atomic E-state index is 11.4. The van der Waals surface area contributed by atoms with E-state index in [0.29, 0.717) is 0 Å². The first-order chi connectivity index (χ1) is 6.85. The zero-order chi connectivity index (χ0) is 12.1. The van der Waals surface area contributed by atoms with Gasteiger partial charge in [0.05, 0.1) is 19.3 Å². The molecule has 0 aliphatic carbocycles. The number of carbonyl (C=O) groups is 2. The molecule has 6 nitrogen and oxygen atoms in total. The SMILES string of the molecule is CCC(C(=O)O)S(=O)(=O)CCC(=O)OC. The van der Waals surface area contributed by atoms with E-state index in [2.05, 4.69) is 4.74 Å². The van der Waals surface area contributed by atoms with E-state index < -0.39 is 32.8 Å². The second-order valence-electron chi connectivity index (χ2n) is 2.93. The molecule has 0 heterocycles. The zero-order valence-electron chi connectivity index (χ0n) is 8.60. The van der Waals surface area contributed by atoms with Gasteiger partial charge in [-0.3, -0.25) is 9.59 Å². The summed E-state index contributed by atoms with van der Waals surface area (Å²) in [6, 6.07) is 0. The Morgan fingerprint density at radius 1 is 1.40 bits per heavy atom. The fraction of sp³-hybridized carbons (Fsp3) is 0.750. The minimum Gasteiger partial charge on any atom is -0.480 e. The third-order valence-corrected chi connectivity index (χ3v) is 4.07. The summed E-state index contributed by atoms with van der Waals surface area (Å²) >= 11 is 0. The van der Waals surface area contributed by atoms with Crippen LogP contribution < -0.4 is 0 Å². The molecule has 1 unspecified atom stereocenters. The summed E-state index contributed by atoms with van der Waals surface area (Å²) in [7, 11) is -2.63.